The van der Waals surface area contributed by atoms with Crippen molar-refractivity contribution in [3.63, 3.8) is 0 Å². The number of aromatic nitrogens is 2. The lowest BCUT2D eigenvalue weighted by atomic mass is 9.70. The highest BCUT2D eigenvalue weighted by Crippen LogP contribution is 2.43. The maximum Gasteiger partial charge on any atom is 0.0945 e. The van der Waals surface area contributed by atoms with E-state index in [0.29, 0.717) is 11.5 Å². The second-order valence-electron chi connectivity index (χ2n) is 6.73. The van der Waals surface area contributed by atoms with Crippen molar-refractivity contribution in [1.82, 2.24) is 14.9 Å². The lowest BCUT2D eigenvalue weighted by Crippen LogP contribution is -2.38. The van der Waals surface area contributed by atoms with E-state index in [4.69, 9.17) is 0 Å². The molecule has 1 aliphatic carbocycles. The van der Waals surface area contributed by atoms with Crippen LogP contribution in [0.1, 0.15) is 43.9 Å². The molecule has 2 aromatic rings. The number of nitrogens with one attached hydrogen (secondary N) is 1. The van der Waals surface area contributed by atoms with Gasteiger partial charge < -0.3 is 9.88 Å². The second-order valence-corrected chi connectivity index (χ2v) is 6.73. The Labute approximate surface area is 127 Å². The van der Waals surface area contributed by atoms with Gasteiger partial charge in [-0.05, 0) is 42.3 Å². The van der Waals surface area contributed by atoms with Crippen LogP contribution in [0, 0.1) is 5.41 Å². The molecule has 0 radical (unpaired) electrons. The van der Waals surface area contributed by atoms with E-state index in [-0.39, 0.29) is 0 Å². The van der Waals surface area contributed by atoms with Crippen LogP contribution in [0.15, 0.2) is 43.0 Å². The predicted molar refractivity (Wildman–Crippen MR) is 86.1 cm³/mol. The third-order valence-electron chi connectivity index (χ3n) is 4.69. The summed E-state index contributed by atoms with van der Waals surface area (Å²) in [6.07, 6.45) is 9.35. The summed E-state index contributed by atoms with van der Waals surface area (Å²) in [6.45, 7) is 6.84. The first-order chi connectivity index (χ1) is 10.2. The maximum atomic E-state index is 4.09. The minimum Gasteiger partial charge on any atom is -0.337 e. The number of imidazole rings is 1. The van der Waals surface area contributed by atoms with Gasteiger partial charge in [0.15, 0.2) is 0 Å². The summed E-state index contributed by atoms with van der Waals surface area (Å²) in [7, 11) is 0. The highest BCUT2D eigenvalue weighted by atomic mass is 15.0. The first-order valence-electron chi connectivity index (χ1n) is 7.94. The molecule has 3 rings (SSSR count). The molecule has 0 aliphatic heterocycles. The molecule has 1 aromatic heterocycles. The minimum atomic E-state index is 0.323. The molecule has 1 aromatic carbocycles. The molecule has 0 spiro atoms. The average Bonchev–Trinajstić information content (AvgIpc) is 2.98. The van der Waals surface area contributed by atoms with E-state index in [1.54, 1.807) is 0 Å². The van der Waals surface area contributed by atoms with Gasteiger partial charge in [0.25, 0.3) is 0 Å². The molecule has 1 heterocycles. The van der Waals surface area contributed by atoms with Crippen LogP contribution in [-0.4, -0.2) is 16.1 Å². The molecule has 112 valence electrons. The number of benzene rings is 1. The molecule has 1 atom stereocenters. The maximum absolute atomic E-state index is 4.09. The fourth-order valence-electron chi connectivity index (χ4n) is 3.38. The zero-order valence-electron chi connectivity index (χ0n) is 13.0. The smallest absolute Gasteiger partial charge is 0.0945 e. The van der Waals surface area contributed by atoms with Gasteiger partial charge in [-0.3, -0.25) is 0 Å². The van der Waals surface area contributed by atoms with Crippen LogP contribution in [-0.2, 0) is 13.0 Å². The van der Waals surface area contributed by atoms with Gasteiger partial charge in [0.05, 0.1) is 6.33 Å². The van der Waals surface area contributed by atoms with Crippen molar-refractivity contribution in [3.8, 4) is 0 Å². The molecule has 21 heavy (non-hydrogen) atoms. The lowest BCUT2D eigenvalue weighted by molar-refractivity contribution is 0.208. The summed E-state index contributed by atoms with van der Waals surface area (Å²) in [6, 6.07) is 9.37. The summed E-state index contributed by atoms with van der Waals surface area (Å²) >= 11 is 0. The molecular weight excluding hydrogens is 258 g/mol. The van der Waals surface area contributed by atoms with Crippen molar-refractivity contribution in [1.29, 1.82) is 0 Å². The van der Waals surface area contributed by atoms with Gasteiger partial charge in [-0.2, -0.15) is 0 Å². The monoisotopic (exact) mass is 283 g/mol. The predicted octanol–water partition coefficient (Wildman–Crippen LogP) is 3.58. The van der Waals surface area contributed by atoms with Crippen molar-refractivity contribution >= 4 is 0 Å². The van der Waals surface area contributed by atoms with Crippen LogP contribution in [0.4, 0.5) is 0 Å². The van der Waals surface area contributed by atoms with Gasteiger partial charge in [-0.25, -0.2) is 4.98 Å². The van der Waals surface area contributed by atoms with Crippen LogP contribution in [0.5, 0.6) is 0 Å². The van der Waals surface area contributed by atoms with Crippen LogP contribution in [0.25, 0.3) is 0 Å². The van der Waals surface area contributed by atoms with Crippen molar-refractivity contribution < 1.29 is 0 Å². The Kier molecular flexibility index (Phi) is 4.11. The van der Waals surface area contributed by atoms with Crippen molar-refractivity contribution in [3.05, 3.63) is 54.1 Å². The Hall–Kier alpha value is -1.61. The lowest BCUT2D eigenvalue weighted by Gasteiger charge is -2.40. The zero-order valence-corrected chi connectivity index (χ0v) is 13.0. The first-order valence-corrected chi connectivity index (χ1v) is 7.94. The Morgan fingerprint density at radius 3 is 3.00 bits per heavy atom. The van der Waals surface area contributed by atoms with Gasteiger partial charge in [-0.1, -0.05) is 38.1 Å². The fourth-order valence-corrected chi connectivity index (χ4v) is 3.38. The van der Waals surface area contributed by atoms with E-state index >= 15 is 0 Å². The van der Waals surface area contributed by atoms with Gasteiger partial charge in [-0.15, -0.1) is 0 Å². The van der Waals surface area contributed by atoms with E-state index in [1.807, 2.05) is 18.7 Å². The number of nitrogens with zero attached hydrogens (tertiary/aromatic N) is 2. The molecule has 1 unspecified atom stereocenters. The van der Waals surface area contributed by atoms with E-state index < -0.39 is 0 Å². The first kappa shape index (κ1) is 14.3. The normalized spacial score (nSPS) is 20.2. The molecular formula is C18H25N3. The van der Waals surface area contributed by atoms with Gasteiger partial charge in [0.1, 0.15) is 0 Å². The standard InChI is InChI=1S/C18H25N3/c1-18(2)9-8-15-6-3-4-7-16(15)17(18)20-10-5-12-21-13-11-19-14-21/h3-4,6-7,11,13-14,17,20H,5,8-10,12H2,1-2H3. The fraction of sp³-hybridized carbons (Fsp3) is 0.500. The van der Waals surface area contributed by atoms with E-state index in [9.17, 15) is 0 Å². The van der Waals surface area contributed by atoms with Gasteiger partial charge in [0, 0.05) is 25.0 Å². The molecule has 1 N–H and O–H groups in total. The number of hydrogen-bond acceptors (Lipinski definition) is 2. The molecule has 0 saturated heterocycles. The highest BCUT2D eigenvalue weighted by Gasteiger charge is 2.34. The average molecular weight is 283 g/mol. The largest absolute Gasteiger partial charge is 0.337 e. The van der Waals surface area contributed by atoms with Crippen molar-refractivity contribution in [2.75, 3.05) is 6.54 Å². The number of fused-ring (bicyclic) bond motifs is 1. The topological polar surface area (TPSA) is 29.9 Å². The summed E-state index contributed by atoms with van der Waals surface area (Å²) in [5, 5.41) is 3.80. The quantitative estimate of drug-likeness (QED) is 0.850. The molecule has 3 heteroatoms. The van der Waals surface area contributed by atoms with E-state index in [2.05, 4.69) is 53.0 Å². The molecule has 3 nitrogen and oxygen atoms in total. The molecule has 0 bridgehead atoms. The summed E-state index contributed by atoms with van der Waals surface area (Å²) in [5.74, 6) is 0. The minimum absolute atomic E-state index is 0.323. The molecule has 0 amide bonds. The van der Waals surface area contributed by atoms with Gasteiger partial charge >= 0.3 is 0 Å². The highest BCUT2D eigenvalue weighted by molar-refractivity contribution is 5.34. The van der Waals surface area contributed by atoms with Crippen LogP contribution in [0.2, 0.25) is 0 Å². The number of hydrogen-bond donors (Lipinski definition) is 1. The SMILES string of the molecule is CC1(C)CCc2ccccc2C1NCCCn1ccnc1. The van der Waals surface area contributed by atoms with Crippen molar-refractivity contribution in [2.24, 2.45) is 5.41 Å². The summed E-state index contributed by atoms with van der Waals surface area (Å²) in [5.41, 5.74) is 3.34. The van der Waals surface area contributed by atoms with Crippen LogP contribution >= 0.6 is 0 Å². The van der Waals surface area contributed by atoms with E-state index in [0.717, 1.165) is 19.5 Å². The zero-order chi connectivity index (χ0) is 14.7. The van der Waals surface area contributed by atoms with E-state index in [1.165, 1.54) is 24.0 Å². The molecule has 0 saturated carbocycles. The van der Waals surface area contributed by atoms with Crippen molar-refractivity contribution in [2.45, 2.75) is 45.7 Å². The molecule has 1 aliphatic rings. The van der Waals surface area contributed by atoms with Crippen LogP contribution < -0.4 is 5.32 Å². The Balaban J connectivity index is 1.62. The summed E-state index contributed by atoms with van der Waals surface area (Å²) < 4.78 is 2.14. The summed E-state index contributed by atoms with van der Waals surface area (Å²) in [4.78, 5) is 4.09. The number of aryl methyl sites for hydroxylation is 2. The second kappa shape index (κ2) is 6.02. The number of rotatable bonds is 5. The third-order valence-corrected chi connectivity index (χ3v) is 4.69. The van der Waals surface area contributed by atoms with Crippen LogP contribution in [0.3, 0.4) is 0 Å². The Bertz CT molecular complexity index is 572. The third kappa shape index (κ3) is 3.18. The molecule has 0 fully saturated rings. The Morgan fingerprint density at radius 2 is 2.19 bits per heavy atom. The van der Waals surface area contributed by atoms with Gasteiger partial charge in [0.2, 0.25) is 0 Å². The Morgan fingerprint density at radius 1 is 1.33 bits per heavy atom.